The summed E-state index contributed by atoms with van der Waals surface area (Å²) in [6, 6.07) is 14.9. The van der Waals surface area contributed by atoms with Crippen LogP contribution in [0.15, 0.2) is 52.3 Å². The molecule has 1 heterocycles. The van der Waals surface area contributed by atoms with Crippen LogP contribution in [0.3, 0.4) is 0 Å². The summed E-state index contributed by atoms with van der Waals surface area (Å²) in [5, 5.41) is 0.794. The number of ether oxygens (including phenoxy) is 1. The number of fused-ring (bicyclic) bond motifs is 2. The van der Waals surface area contributed by atoms with Crippen molar-refractivity contribution < 1.29 is 4.74 Å². The van der Waals surface area contributed by atoms with Crippen LogP contribution in [-0.4, -0.2) is 44.3 Å². The van der Waals surface area contributed by atoms with Gasteiger partial charge in [0.05, 0.1) is 11.4 Å². The average Bonchev–Trinajstić information content (AvgIpc) is 2.69. The minimum atomic E-state index is 0.794. The summed E-state index contributed by atoms with van der Waals surface area (Å²) in [7, 11) is 0. The Bertz CT molecular complexity index is 740. The third-order valence-corrected chi connectivity index (χ3v) is 6.26. The number of rotatable bonds is 10. The van der Waals surface area contributed by atoms with Crippen LogP contribution in [0.2, 0.25) is 5.02 Å². The largest absolute Gasteiger partial charge is 0.382 e. The molecule has 27 heavy (non-hydrogen) atoms. The topological polar surface area (TPSA) is 15.7 Å². The van der Waals surface area contributed by atoms with E-state index < -0.39 is 0 Å². The summed E-state index contributed by atoms with van der Waals surface area (Å²) >= 11 is 8.14. The van der Waals surface area contributed by atoms with Gasteiger partial charge in [0.2, 0.25) is 0 Å². The van der Waals surface area contributed by atoms with E-state index in [1.54, 1.807) is 0 Å². The molecule has 0 atom stereocenters. The van der Waals surface area contributed by atoms with Gasteiger partial charge in [0.15, 0.2) is 0 Å². The van der Waals surface area contributed by atoms with Gasteiger partial charge in [-0.25, -0.2) is 0 Å². The van der Waals surface area contributed by atoms with Gasteiger partial charge in [-0.2, -0.15) is 0 Å². The van der Waals surface area contributed by atoms with Gasteiger partial charge in [0, 0.05) is 41.1 Å². The molecular formula is C22H29ClN2OS. The lowest BCUT2D eigenvalue weighted by atomic mass is 10.2. The summed E-state index contributed by atoms with van der Waals surface area (Å²) in [5.74, 6) is 0. The molecule has 0 saturated carbocycles. The molecule has 0 aromatic heterocycles. The number of unbranched alkanes of at least 4 members (excludes halogenated alkanes) is 1. The number of hydrogen-bond donors (Lipinski definition) is 0. The van der Waals surface area contributed by atoms with E-state index in [0.29, 0.717) is 0 Å². The first-order chi connectivity index (χ1) is 13.2. The molecule has 0 N–H and O–H groups in total. The number of nitrogens with zero attached hydrogens (tertiary/aromatic N) is 2. The molecule has 0 amide bonds. The molecule has 0 radical (unpaired) electrons. The zero-order chi connectivity index (χ0) is 19.1. The molecule has 1 aliphatic rings. The number of hydrogen-bond acceptors (Lipinski definition) is 4. The van der Waals surface area contributed by atoms with E-state index >= 15 is 0 Å². The Balaban J connectivity index is 1.67. The first-order valence-corrected chi connectivity index (χ1v) is 11.1. The van der Waals surface area contributed by atoms with Crippen molar-refractivity contribution in [3.05, 3.63) is 47.5 Å². The summed E-state index contributed by atoms with van der Waals surface area (Å²) in [4.78, 5) is 7.54. The molecule has 3 rings (SSSR count). The summed E-state index contributed by atoms with van der Waals surface area (Å²) in [5.41, 5.74) is 2.50. The van der Waals surface area contributed by atoms with Crippen molar-refractivity contribution in [2.45, 2.75) is 36.5 Å². The smallest absolute Gasteiger partial charge is 0.0568 e. The first kappa shape index (κ1) is 20.5. The maximum absolute atomic E-state index is 6.31. The lowest BCUT2D eigenvalue weighted by molar-refractivity contribution is 0.139. The second kappa shape index (κ2) is 10.4. The zero-order valence-electron chi connectivity index (χ0n) is 16.3. The number of halogens is 1. The first-order valence-electron chi connectivity index (χ1n) is 9.87. The normalized spacial score (nSPS) is 13.0. The van der Waals surface area contributed by atoms with Crippen LogP contribution in [0.25, 0.3) is 0 Å². The van der Waals surface area contributed by atoms with Gasteiger partial charge in [0.1, 0.15) is 0 Å². The van der Waals surface area contributed by atoms with Gasteiger partial charge in [-0.15, -0.1) is 0 Å². The van der Waals surface area contributed by atoms with E-state index in [2.05, 4.69) is 60.0 Å². The zero-order valence-corrected chi connectivity index (χ0v) is 17.9. The molecular weight excluding hydrogens is 376 g/mol. The molecule has 0 spiro atoms. The van der Waals surface area contributed by atoms with Gasteiger partial charge < -0.3 is 14.5 Å². The van der Waals surface area contributed by atoms with Gasteiger partial charge in [-0.3, -0.25) is 0 Å². The Morgan fingerprint density at radius 3 is 2.63 bits per heavy atom. The highest BCUT2D eigenvalue weighted by atomic mass is 35.5. The SMILES string of the molecule is CCOCCCCN(CC)CCN1c2ccccc2Sc2ccc(Cl)cc21. The van der Waals surface area contributed by atoms with Crippen molar-refractivity contribution in [3.63, 3.8) is 0 Å². The maximum Gasteiger partial charge on any atom is 0.0568 e. The number of likely N-dealkylation sites (N-methyl/N-ethyl adjacent to an activating group) is 1. The predicted molar refractivity (Wildman–Crippen MR) is 117 cm³/mol. The van der Waals surface area contributed by atoms with E-state index in [0.717, 1.165) is 50.8 Å². The van der Waals surface area contributed by atoms with Crippen LogP contribution < -0.4 is 4.90 Å². The van der Waals surface area contributed by atoms with E-state index in [-0.39, 0.29) is 0 Å². The highest BCUT2D eigenvalue weighted by molar-refractivity contribution is 7.99. The van der Waals surface area contributed by atoms with Crippen LogP contribution in [-0.2, 0) is 4.74 Å². The molecule has 0 bridgehead atoms. The second-order valence-corrected chi connectivity index (χ2v) is 8.19. The summed E-state index contributed by atoms with van der Waals surface area (Å²) in [6.07, 6.45) is 2.31. The quantitative estimate of drug-likeness (QED) is 0.445. The van der Waals surface area contributed by atoms with Crippen molar-refractivity contribution in [2.24, 2.45) is 0 Å². The molecule has 0 aliphatic carbocycles. The van der Waals surface area contributed by atoms with Crippen molar-refractivity contribution in [1.82, 2.24) is 4.90 Å². The molecule has 2 aromatic carbocycles. The highest BCUT2D eigenvalue weighted by Crippen LogP contribution is 2.48. The fraction of sp³-hybridized carbons (Fsp3) is 0.455. The van der Waals surface area contributed by atoms with Crippen LogP contribution in [0.4, 0.5) is 11.4 Å². The second-order valence-electron chi connectivity index (χ2n) is 6.67. The fourth-order valence-electron chi connectivity index (χ4n) is 3.40. The van der Waals surface area contributed by atoms with Crippen molar-refractivity contribution >= 4 is 34.7 Å². The molecule has 146 valence electrons. The number of benzene rings is 2. The van der Waals surface area contributed by atoms with E-state index in [4.69, 9.17) is 16.3 Å². The van der Waals surface area contributed by atoms with Crippen LogP contribution in [0.1, 0.15) is 26.7 Å². The fourth-order valence-corrected chi connectivity index (χ4v) is 4.64. The Kier molecular flexibility index (Phi) is 7.89. The standard InChI is InChI=1S/C22H29ClN2OS/c1-3-24(13-7-8-16-26-4-2)14-15-25-19-9-5-6-10-21(19)27-22-12-11-18(23)17-20(22)25/h5-6,9-12,17H,3-4,7-8,13-16H2,1-2H3. The molecule has 0 fully saturated rings. The molecule has 2 aromatic rings. The molecule has 0 saturated heterocycles. The third kappa shape index (κ3) is 5.41. The lowest BCUT2D eigenvalue weighted by Gasteiger charge is -2.34. The Morgan fingerprint density at radius 1 is 1.00 bits per heavy atom. The summed E-state index contributed by atoms with van der Waals surface area (Å²) in [6.45, 7) is 10.2. The minimum absolute atomic E-state index is 0.794. The number of anilines is 2. The van der Waals surface area contributed by atoms with Gasteiger partial charge in [-0.1, -0.05) is 42.4 Å². The van der Waals surface area contributed by atoms with Gasteiger partial charge >= 0.3 is 0 Å². The highest BCUT2D eigenvalue weighted by Gasteiger charge is 2.23. The monoisotopic (exact) mass is 404 g/mol. The van der Waals surface area contributed by atoms with E-state index in [1.165, 1.54) is 27.6 Å². The Morgan fingerprint density at radius 2 is 1.81 bits per heavy atom. The van der Waals surface area contributed by atoms with E-state index in [1.807, 2.05) is 17.8 Å². The lowest BCUT2D eigenvalue weighted by Crippen LogP contribution is -2.34. The summed E-state index contributed by atoms with van der Waals surface area (Å²) < 4.78 is 5.45. The maximum atomic E-state index is 6.31. The molecule has 0 unspecified atom stereocenters. The molecule has 1 aliphatic heterocycles. The van der Waals surface area contributed by atoms with Crippen molar-refractivity contribution in [3.8, 4) is 0 Å². The number of para-hydroxylation sites is 1. The van der Waals surface area contributed by atoms with Gasteiger partial charge in [-0.05, 0) is 63.2 Å². The van der Waals surface area contributed by atoms with Gasteiger partial charge in [0.25, 0.3) is 0 Å². The van der Waals surface area contributed by atoms with Crippen LogP contribution in [0.5, 0.6) is 0 Å². The molecule has 3 nitrogen and oxygen atoms in total. The van der Waals surface area contributed by atoms with E-state index in [9.17, 15) is 0 Å². The third-order valence-electron chi connectivity index (χ3n) is 4.89. The predicted octanol–water partition coefficient (Wildman–Crippen LogP) is 6.08. The van der Waals surface area contributed by atoms with Crippen LogP contribution in [0, 0.1) is 0 Å². The van der Waals surface area contributed by atoms with Crippen molar-refractivity contribution in [2.75, 3.05) is 44.3 Å². The average molecular weight is 405 g/mol. The van der Waals surface area contributed by atoms with Crippen molar-refractivity contribution in [1.29, 1.82) is 0 Å². The van der Waals surface area contributed by atoms with Crippen LogP contribution >= 0.6 is 23.4 Å². The Hall–Kier alpha value is -1.20. The molecule has 5 heteroatoms. The minimum Gasteiger partial charge on any atom is -0.382 e. The Labute approximate surface area is 172 Å².